The van der Waals surface area contributed by atoms with Gasteiger partial charge in [0.1, 0.15) is 11.8 Å². The Kier molecular flexibility index (Phi) is 3.92. The van der Waals surface area contributed by atoms with Crippen LogP contribution in [0, 0.1) is 17.2 Å². The lowest BCUT2D eigenvalue weighted by Gasteiger charge is -2.20. The quantitative estimate of drug-likeness (QED) is 0.782. The number of hydrogen-bond donors (Lipinski definition) is 0. The van der Waals surface area contributed by atoms with E-state index in [2.05, 4.69) is 27.9 Å². The van der Waals surface area contributed by atoms with Crippen LogP contribution in [0.1, 0.15) is 38.3 Å². The van der Waals surface area contributed by atoms with Crippen LogP contribution in [0.5, 0.6) is 0 Å². The number of rotatable bonds is 2. The SMILES string of the molecule is CCC1CCCN(c2nccc(C#N)n2)CC1. The van der Waals surface area contributed by atoms with Gasteiger partial charge in [0.2, 0.25) is 5.95 Å². The summed E-state index contributed by atoms with van der Waals surface area (Å²) in [6.07, 6.45) is 6.62. The molecular weight excluding hydrogens is 212 g/mol. The van der Waals surface area contributed by atoms with Crippen molar-refractivity contribution in [3.8, 4) is 6.07 Å². The summed E-state index contributed by atoms with van der Waals surface area (Å²) in [5.41, 5.74) is 0.450. The average Bonchev–Trinajstić information content (AvgIpc) is 2.64. The Morgan fingerprint density at radius 2 is 2.35 bits per heavy atom. The zero-order chi connectivity index (χ0) is 12.1. The zero-order valence-electron chi connectivity index (χ0n) is 10.3. The zero-order valence-corrected chi connectivity index (χ0v) is 10.3. The molecule has 0 radical (unpaired) electrons. The predicted octanol–water partition coefficient (Wildman–Crippen LogP) is 2.36. The molecular formula is C13H18N4. The summed E-state index contributed by atoms with van der Waals surface area (Å²) in [5.74, 6) is 1.54. The molecule has 0 aliphatic carbocycles. The van der Waals surface area contributed by atoms with Crippen LogP contribution in [0.25, 0.3) is 0 Å². The highest BCUT2D eigenvalue weighted by Gasteiger charge is 2.17. The normalized spacial score (nSPS) is 20.7. The molecule has 0 saturated carbocycles. The van der Waals surface area contributed by atoms with E-state index in [0.717, 1.165) is 19.0 Å². The molecule has 1 atom stereocenters. The number of nitriles is 1. The summed E-state index contributed by atoms with van der Waals surface area (Å²) in [5, 5.41) is 8.84. The maximum absolute atomic E-state index is 8.84. The van der Waals surface area contributed by atoms with Crippen LogP contribution in [-0.2, 0) is 0 Å². The molecule has 90 valence electrons. The third kappa shape index (κ3) is 2.94. The van der Waals surface area contributed by atoms with Crippen LogP contribution in [0.2, 0.25) is 0 Å². The van der Waals surface area contributed by atoms with Gasteiger partial charge in [-0.2, -0.15) is 5.26 Å². The standard InChI is InChI=1S/C13H18N4/c1-2-11-4-3-8-17(9-6-11)13-15-7-5-12(10-14)16-13/h5,7,11H,2-4,6,8-9H2,1H3. The molecule has 1 fully saturated rings. The Morgan fingerprint density at radius 1 is 1.47 bits per heavy atom. The average molecular weight is 230 g/mol. The highest BCUT2D eigenvalue weighted by Crippen LogP contribution is 2.22. The van der Waals surface area contributed by atoms with Crippen molar-refractivity contribution in [1.82, 2.24) is 9.97 Å². The van der Waals surface area contributed by atoms with E-state index in [-0.39, 0.29) is 0 Å². The molecule has 1 saturated heterocycles. The van der Waals surface area contributed by atoms with Gasteiger partial charge in [-0.25, -0.2) is 9.97 Å². The largest absolute Gasteiger partial charge is 0.341 e. The Bertz CT molecular complexity index is 410. The van der Waals surface area contributed by atoms with Crippen molar-refractivity contribution in [2.24, 2.45) is 5.92 Å². The van der Waals surface area contributed by atoms with E-state index in [1.54, 1.807) is 12.3 Å². The predicted molar refractivity (Wildman–Crippen MR) is 66.6 cm³/mol. The van der Waals surface area contributed by atoms with Crippen molar-refractivity contribution >= 4 is 5.95 Å². The maximum Gasteiger partial charge on any atom is 0.226 e. The molecule has 0 aromatic carbocycles. The van der Waals surface area contributed by atoms with Gasteiger partial charge < -0.3 is 4.90 Å². The molecule has 1 aromatic heterocycles. The highest BCUT2D eigenvalue weighted by atomic mass is 15.2. The van der Waals surface area contributed by atoms with Crippen LogP contribution in [0.3, 0.4) is 0 Å². The van der Waals surface area contributed by atoms with Gasteiger partial charge in [0.05, 0.1) is 0 Å². The van der Waals surface area contributed by atoms with Crippen LogP contribution in [-0.4, -0.2) is 23.1 Å². The summed E-state index contributed by atoms with van der Waals surface area (Å²) >= 11 is 0. The van der Waals surface area contributed by atoms with E-state index in [4.69, 9.17) is 5.26 Å². The van der Waals surface area contributed by atoms with Gasteiger partial charge in [0.25, 0.3) is 0 Å². The lowest BCUT2D eigenvalue weighted by molar-refractivity contribution is 0.459. The van der Waals surface area contributed by atoms with E-state index in [1.807, 2.05) is 0 Å². The summed E-state index contributed by atoms with van der Waals surface area (Å²) < 4.78 is 0. The van der Waals surface area contributed by atoms with Crippen LogP contribution in [0.15, 0.2) is 12.3 Å². The first-order valence-corrected chi connectivity index (χ1v) is 6.31. The van der Waals surface area contributed by atoms with Gasteiger partial charge >= 0.3 is 0 Å². The fraction of sp³-hybridized carbons (Fsp3) is 0.615. The molecule has 4 heteroatoms. The molecule has 2 rings (SSSR count). The minimum Gasteiger partial charge on any atom is -0.341 e. The number of anilines is 1. The molecule has 17 heavy (non-hydrogen) atoms. The first kappa shape index (κ1) is 11.8. The Hall–Kier alpha value is -1.63. The van der Waals surface area contributed by atoms with E-state index in [0.29, 0.717) is 11.6 Å². The van der Waals surface area contributed by atoms with E-state index < -0.39 is 0 Å². The van der Waals surface area contributed by atoms with E-state index in [1.165, 1.54) is 25.7 Å². The summed E-state index contributed by atoms with van der Waals surface area (Å²) in [4.78, 5) is 10.7. The van der Waals surface area contributed by atoms with E-state index >= 15 is 0 Å². The molecule has 2 heterocycles. The molecule has 0 N–H and O–H groups in total. The second-order valence-electron chi connectivity index (χ2n) is 4.55. The lowest BCUT2D eigenvalue weighted by Crippen LogP contribution is -2.26. The number of nitrogens with zero attached hydrogens (tertiary/aromatic N) is 4. The number of aromatic nitrogens is 2. The molecule has 1 aliphatic rings. The summed E-state index contributed by atoms with van der Waals surface area (Å²) in [6.45, 7) is 4.27. The van der Waals surface area contributed by atoms with Crippen molar-refractivity contribution in [2.45, 2.75) is 32.6 Å². The van der Waals surface area contributed by atoms with Gasteiger partial charge in [-0.3, -0.25) is 0 Å². The van der Waals surface area contributed by atoms with Crippen molar-refractivity contribution in [2.75, 3.05) is 18.0 Å². The minimum atomic E-state index is 0.450. The van der Waals surface area contributed by atoms with Gasteiger partial charge in [-0.05, 0) is 31.2 Å². The second-order valence-corrected chi connectivity index (χ2v) is 4.55. The van der Waals surface area contributed by atoms with Crippen molar-refractivity contribution < 1.29 is 0 Å². The Labute approximate surface area is 102 Å². The first-order chi connectivity index (χ1) is 8.33. The Balaban J connectivity index is 2.09. The molecule has 1 unspecified atom stereocenters. The summed E-state index contributed by atoms with van der Waals surface area (Å²) in [6, 6.07) is 3.71. The molecule has 4 nitrogen and oxygen atoms in total. The van der Waals surface area contributed by atoms with Crippen LogP contribution >= 0.6 is 0 Å². The smallest absolute Gasteiger partial charge is 0.226 e. The van der Waals surface area contributed by atoms with Gasteiger partial charge in [-0.15, -0.1) is 0 Å². The van der Waals surface area contributed by atoms with Crippen LogP contribution in [0.4, 0.5) is 5.95 Å². The van der Waals surface area contributed by atoms with Gasteiger partial charge in [0.15, 0.2) is 0 Å². The molecule has 1 aliphatic heterocycles. The van der Waals surface area contributed by atoms with E-state index in [9.17, 15) is 0 Å². The topological polar surface area (TPSA) is 52.8 Å². The third-order valence-electron chi connectivity index (χ3n) is 3.47. The summed E-state index contributed by atoms with van der Waals surface area (Å²) in [7, 11) is 0. The van der Waals surface area contributed by atoms with Crippen molar-refractivity contribution in [1.29, 1.82) is 5.26 Å². The second kappa shape index (κ2) is 5.62. The molecule has 0 amide bonds. The highest BCUT2D eigenvalue weighted by molar-refractivity contribution is 5.33. The lowest BCUT2D eigenvalue weighted by atomic mass is 9.98. The fourth-order valence-electron chi connectivity index (χ4n) is 2.34. The monoisotopic (exact) mass is 230 g/mol. The molecule has 0 bridgehead atoms. The molecule has 1 aromatic rings. The van der Waals surface area contributed by atoms with Crippen molar-refractivity contribution in [3.05, 3.63) is 18.0 Å². The molecule has 0 spiro atoms. The van der Waals surface area contributed by atoms with Crippen LogP contribution < -0.4 is 4.90 Å². The van der Waals surface area contributed by atoms with Gasteiger partial charge in [0, 0.05) is 19.3 Å². The number of hydrogen-bond acceptors (Lipinski definition) is 4. The first-order valence-electron chi connectivity index (χ1n) is 6.31. The Morgan fingerprint density at radius 3 is 3.12 bits per heavy atom. The minimum absolute atomic E-state index is 0.450. The third-order valence-corrected chi connectivity index (χ3v) is 3.47. The maximum atomic E-state index is 8.84. The van der Waals surface area contributed by atoms with Crippen molar-refractivity contribution in [3.63, 3.8) is 0 Å². The fourth-order valence-corrected chi connectivity index (χ4v) is 2.34. The van der Waals surface area contributed by atoms with Gasteiger partial charge in [-0.1, -0.05) is 13.3 Å².